The third-order valence-corrected chi connectivity index (χ3v) is 3.88. The van der Waals surface area contributed by atoms with Crippen LogP contribution in [0.4, 0.5) is 4.39 Å². The van der Waals surface area contributed by atoms with Gasteiger partial charge < -0.3 is 15.2 Å². The molecule has 2 atom stereocenters. The molecule has 2 unspecified atom stereocenters. The lowest BCUT2D eigenvalue weighted by molar-refractivity contribution is 0.153. The number of fused-ring (bicyclic) bond motifs is 1. The van der Waals surface area contributed by atoms with E-state index in [1.54, 1.807) is 6.07 Å². The monoisotopic (exact) mass is 287 g/mol. The average molecular weight is 287 g/mol. The molecule has 1 heterocycles. The summed E-state index contributed by atoms with van der Waals surface area (Å²) in [4.78, 5) is 0. The van der Waals surface area contributed by atoms with E-state index in [0.29, 0.717) is 12.0 Å². The maximum Gasteiger partial charge on any atom is 0.127 e. The Hall–Kier alpha value is -2.07. The topological polar surface area (TPSA) is 41.5 Å². The Morgan fingerprint density at radius 3 is 2.76 bits per heavy atom. The first-order valence-corrected chi connectivity index (χ1v) is 7.01. The number of phenolic OH excluding ortho intramolecular Hbond substituents is 1. The first kappa shape index (κ1) is 13.9. The number of ether oxygens (including phenoxy) is 1. The van der Waals surface area contributed by atoms with E-state index >= 15 is 0 Å². The second-order valence-corrected chi connectivity index (χ2v) is 5.47. The quantitative estimate of drug-likeness (QED) is 0.886. The van der Waals surface area contributed by atoms with E-state index < -0.39 is 5.82 Å². The van der Waals surface area contributed by atoms with Gasteiger partial charge in [0.1, 0.15) is 23.4 Å². The number of aromatic hydroxyl groups is 1. The summed E-state index contributed by atoms with van der Waals surface area (Å²) >= 11 is 0. The van der Waals surface area contributed by atoms with Crippen LogP contribution in [0.3, 0.4) is 0 Å². The molecule has 3 nitrogen and oxygen atoms in total. The van der Waals surface area contributed by atoms with Gasteiger partial charge in [-0.15, -0.1) is 0 Å². The summed E-state index contributed by atoms with van der Waals surface area (Å²) in [6, 6.07) is 10.3. The van der Waals surface area contributed by atoms with E-state index in [1.165, 1.54) is 11.6 Å². The van der Waals surface area contributed by atoms with Gasteiger partial charge in [-0.3, -0.25) is 0 Å². The predicted octanol–water partition coefficient (Wildman–Crippen LogP) is 3.62. The minimum atomic E-state index is -0.454. The molecule has 2 aromatic rings. The lowest BCUT2D eigenvalue weighted by atomic mass is 9.92. The summed E-state index contributed by atoms with van der Waals surface area (Å²) in [7, 11) is 1.90. The minimum Gasteiger partial charge on any atom is -0.508 e. The Morgan fingerprint density at radius 1 is 1.24 bits per heavy atom. The second-order valence-electron chi connectivity index (χ2n) is 5.47. The van der Waals surface area contributed by atoms with Crippen molar-refractivity contribution in [3.63, 3.8) is 0 Å². The lowest BCUT2D eigenvalue weighted by Gasteiger charge is -2.32. The van der Waals surface area contributed by atoms with Crippen LogP contribution >= 0.6 is 0 Å². The maximum atomic E-state index is 13.5. The molecule has 0 bridgehead atoms. The van der Waals surface area contributed by atoms with Crippen molar-refractivity contribution < 1.29 is 14.2 Å². The van der Waals surface area contributed by atoms with Gasteiger partial charge in [0.2, 0.25) is 0 Å². The normalized spacial score (nSPS) is 20.7. The van der Waals surface area contributed by atoms with Crippen LogP contribution in [0, 0.1) is 12.7 Å². The largest absolute Gasteiger partial charge is 0.508 e. The van der Waals surface area contributed by atoms with E-state index in [0.717, 1.165) is 17.4 Å². The van der Waals surface area contributed by atoms with Gasteiger partial charge in [0.25, 0.3) is 0 Å². The molecular weight excluding hydrogens is 269 g/mol. The van der Waals surface area contributed by atoms with Crippen molar-refractivity contribution >= 4 is 0 Å². The minimum absolute atomic E-state index is 0.0793. The number of phenols is 1. The van der Waals surface area contributed by atoms with Crippen LogP contribution in [0.5, 0.6) is 11.5 Å². The van der Waals surface area contributed by atoms with E-state index in [1.807, 2.05) is 26.1 Å². The number of aryl methyl sites for hydroxylation is 1. The van der Waals surface area contributed by atoms with Crippen LogP contribution in [0.1, 0.15) is 35.3 Å². The maximum absolute atomic E-state index is 13.5. The Balaban J connectivity index is 1.98. The second kappa shape index (κ2) is 5.37. The molecule has 110 valence electrons. The molecule has 2 N–H and O–H groups in total. The van der Waals surface area contributed by atoms with Crippen molar-refractivity contribution in [3.05, 3.63) is 58.9 Å². The van der Waals surface area contributed by atoms with Crippen molar-refractivity contribution in [2.45, 2.75) is 25.5 Å². The summed E-state index contributed by atoms with van der Waals surface area (Å²) in [5.74, 6) is 0.272. The Kier molecular flexibility index (Phi) is 3.55. The Labute approximate surface area is 123 Å². The summed E-state index contributed by atoms with van der Waals surface area (Å²) in [5.41, 5.74) is 2.95. The number of nitrogens with one attached hydrogen (secondary N) is 1. The first-order valence-electron chi connectivity index (χ1n) is 7.01. The van der Waals surface area contributed by atoms with Crippen LogP contribution in [0.25, 0.3) is 0 Å². The van der Waals surface area contributed by atoms with Gasteiger partial charge in [-0.05, 0) is 37.7 Å². The fourth-order valence-corrected chi connectivity index (χ4v) is 2.85. The molecule has 2 aromatic carbocycles. The van der Waals surface area contributed by atoms with Crippen LogP contribution in [-0.4, -0.2) is 12.2 Å². The van der Waals surface area contributed by atoms with E-state index in [4.69, 9.17) is 4.74 Å². The van der Waals surface area contributed by atoms with E-state index in [-0.39, 0.29) is 17.9 Å². The number of halogens is 1. The average Bonchev–Trinajstić information content (AvgIpc) is 2.45. The van der Waals surface area contributed by atoms with Gasteiger partial charge in [-0.2, -0.15) is 0 Å². The summed E-state index contributed by atoms with van der Waals surface area (Å²) in [6.45, 7) is 2.05. The zero-order valence-corrected chi connectivity index (χ0v) is 12.1. The fraction of sp³-hybridized carbons (Fsp3) is 0.294. The first-order chi connectivity index (χ1) is 10.1. The van der Waals surface area contributed by atoms with Crippen LogP contribution in [0.15, 0.2) is 36.4 Å². The predicted molar refractivity (Wildman–Crippen MR) is 79.0 cm³/mol. The molecule has 4 heteroatoms. The van der Waals surface area contributed by atoms with Crippen molar-refractivity contribution in [3.8, 4) is 11.5 Å². The molecule has 0 saturated heterocycles. The van der Waals surface area contributed by atoms with Gasteiger partial charge >= 0.3 is 0 Å². The van der Waals surface area contributed by atoms with Crippen molar-refractivity contribution in [2.75, 3.05) is 7.05 Å². The summed E-state index contributed by atoms with van der Waals surface area (Å²) < 4.78 is 19.5. The lowest BCUT2D eigenvalue weighted by Crippen LogP contribution is -2.26. The molecule has 0 aromatic heterocycles. The van der Waals surface area contributed by atoms with E-state index in [2.05, 4.69) is 11.4 Å². The highest BCUT2D eigenvalue weighted by Gasteiger charge is 2.29. The SMILES string of the molecule is CNC1CC(c2cc(O)cc(F)c2)Oc2ccc(C)cc21. The highest BCUT2D eigenvalue weighted by Crippen LogP contribution is 2.41. The molecule has 0 amide bonds. The molecule has 3 rings (SSSR count). The van der Waals surface area contributed by atoms with E-state index in [9.17, 15) is 9.50 Å². The van der Waals surface area contributed by atoms with Crippen molar-refractivity contribution in [1.82, 2.24) is 5.32 Å². The van der Waals surface area contributed by atoms with Crippen molar-refractivity contribution in [2.24, 2.45) is 0 Å². The van der Waals surface area contributed by atoms with Crippen molar-refractivity contribution in [1.29, 1.82) is 0 Å². The molecule has 0 saturated carbocycles. The molecule has 0 spiro atoms. The molecule has 0 fully saturated rings. The van der Waals surface area contributed by atoms with Crippen LogP contribution in [-0.2, 0) is 0 Å². The highest BCUT2D eigenvalue weighted by atomic mass is 19.1. The molecule has 21 heavy (non-hydrogen) atoms. The Bertz CT molecular complexity index is 652. The third kappa shape index (κ3) is 2.72. The molecule has 0 radical (unpaired) electrons. The van der Waals surface area contributed by atoms with Gasteiger partial charge in [-0.25, -0.2) is 4.39 Å². The van der Waals surface area contributed by atoms with Gasteiger partial charge in [-0.1, -0.05) is 17.7 Å². The molecule has 1 aliphatic heterocycles. The summed E-state index contributed by atoms with van der Waals surface area (Å²) in [6.07, 6.45) is 0.412. The Morgan fingerprint density at radius 2 is 2.05 bits per heavy atom. The smallest absolute Gasteiger partial charge is 0.127 e. The zero-order chi connectivity index (χ0) is 15.0. The number of hydrogen-bond donors (Lipinski definition) is 2. The van der Waals surface area contributed by atoms with Crippen LogP contribution < -0.4 is 10.1 Å². The number of benzene rings is 2. The number of hydrogen-bond acceptors (Lipinski definition) is 3. The number of rotatable bonds is 2. The van der Waals surface area contributed by atoms with Crippen LogP contribution in [0.2, 0.25) is 0 Å². The standard InChI is InChI=1S/C17H18FNO2/c1-10-3-4-16-14(5-10)15(19-2)9-17(21-16)11-6-12(18)8-13(20)7-11/h3-8,15,17,19-20H,9H2,1-2H3. The van der Waals surface area contributed by atoms with Gasteiger partial charge in [0.15, 0.2) is 0 Å². The fourth-order valence-electron chi connectivity index (χ4n) is 2.85. The molecule has 0 aliphatic carbocycles. The van der Waals surface area contributed by atoms with Gasteiger partial charge in [0.05, 0.1) is 0 Å². The highest BCUT2D eigenvalue weighted by molar-refractivity contribution is 5.42. The molecule has 1 aliphatic rings. The molecular formula is C17H18FNO2. The summed E-state index contributed by atoms with van der Waals surface area (Å²) in [5, 5.41) is 12.8. The van der Waals surface area contributed by atoms with Gasteiger partial charge in [0, 0.05) is 24.1 Å². The third-order valence-electron chi connectivity index (χ3n) is 3.88. The zero-order valence-electron chi connectivity index (χ0n) is 12.1.